The molecular formula is C25H26N2O3S. The SMILES string of the molecule is CC(C)(C)NS(=O)(=O)c1ccc(NC(=O)C(=Cc2ccccc2)c2ccccc2)cc1. The lowest BCUT2D eigenvalue weighted by molar-refractivity contribution is -0.111. The second-order valence-electron chi connectivity index (χ2n) is 8.17. The largest absolute Gasteiger partial charge is 0.322 e. The van der Waals surface area contributed by atoms with Crippen LogP contribution in [0.3, 0.4) is 0 Å². The van der Waals surface area contributed by atoms with Gasteiger partial charge in [0.1, 0.15) is 0 Å². The minimum atomic E-state index is -3.64. The Morgan fingerprint density at radius 2 is 1.35 bits per heavy atom. The fourth-order valence-corrected chi connectivity index (χ4v) is 4.41. The van der Waals surface area contributed by atoms with Gasteiger partial charge in [0.15, 0.2) is 0 Å². The summed E-state index contributed by atoms with van der Waals surface area (Å²) in [5.74, 6) is -0.279. The highest BCUT2D eigenvalue weighted by molar-refractivity contribution is 7.89. The highest BCUT2D eigenvalue weighted by Crippen LogP contribution is 2.22. The topological polar surface area (TPSA) is 75.3 Å². The van der Waals surface area contributed by atoms with Gasteiger partial charge in [-0.15, -0.1) is 0 Å². The van der Waals surface area contributed by atoms with Crippen molar-refractivity contribution in [3.05, 3.63) is 96.1 Å². The van der Waals surface area contributed by atoms with Gasteiger partial charge >= 0.3 is 0 Å². The number of benzene rings is 3. The zero-order valence-electron chi connectivity index (χ0n) is 17.8. The van der Waals surface area contributed by atoms with E-state index < -0.39 is 15.6 Å². The highest BCUT2D eigenvalue weighted by Gasteiger charge is 2.22. The Balaban J connectivity index is 1.85. The summed E-state index contributed by atoms with van der Waals surface area (Å²) >= 11 is 0. The van der Waals surface area contributed by atoms with E-state index in [2.05, 4.69) is 10.0 Å². The fraction of sp³-hybridized carbons (Fsp3) is 0.160. The van der Waals surface area contributed by atoms with E-state index >= 15 is 0 Å². The molecule has 0 saturated carbocycles. The molecule has 5 nitrogen and oxygen atoms in total. The molecule has 3 aromatic rings. The van der Waals surface area contributed by atoms with Gasteiger partial charge in [-0.3, -0.25) is 4.79 Å². The molecule has 0 aliphatic rings. The van der Waals surface area contributed by atoms with Crippen LogP contribution in [0.2, 0.25) is 0 Å². The van der Waals surface area contributed by atoms with Crippen molar-refractivity contribution in [2.24, 2.45) is 0 Å². The van der Waals surface area contributed by atoms with Crippen molar-refractivity contribution in [1.29, 1.82) is 0 Å². The predicted octanol–water partition coefficient (Wildman–Crippen LogP) is 4.94. The maximum absolute atomic E-state index is 13.1. The molecule has 0 fully saturated rings. The maximum atomic E-state index is 13.1. The number of anilines is 1. The lowest BCUT2D eigenvalue weighted by Crippen LogP contribution is -2.40. The zero-order valence-corrected chi connectivity index (χ0v) is 18.6. The quantitative estimate of drug-likeness (QED) is 0.426. The Labute approximate surface area is 183 Å². The van der Waals surface area contributed by atoms with Crippen LogP contribution in [0.25, 0.3) is 11.6 Å². The van der Waals surface area contributed by atoms with Crippen LogP contribution in [0.1, 0.15) is 31.9 Å². The van der Waals surface area contributed by atoms with E-state index in [0.29, 0.717) is 11.3 Å². The van der Waals surface area contributed by atoms with Gasteiger partial charge in [0, 0.05) is 16.8 Å². The van der Waals surface area contributed by atoms with Gasteiger partial charge in [-0.25, -0.2) is 13.1 Å². The molecule has 0 unspecified atom stereocenters. The minimum absolute atomic E-state index is 0.142. The van der Waals surface area contributed by atoms with Gasteiger partial charge in [0.05, 0.1) is 4.90 Å². The number of sulfonamides is 1. The number of rotatable bonds is 6. The van der Waals surface area contributed by atoms with E-state index in [9.17, 15) is 13.2 Å². The van der Waals surface area contributed by atoms with Crippen LogP contribution in [-0.4, -0.2) is 19.9 Å². The van der Waals surface area contributed by atoms with Gasteiger partial charge in [-0.05, 0) is 62.2 Å². The number of carbonyl (C=O) groups excluding carboxylic acids is 1. The summed E-state index contributed by atoms with van der Waals surface area (Å²) < 4.78 is 27.6. The summed E-state index contributed by atoms with van der Waals surface area (Å²) in [5, 5.41) is 2.87. The van der Waals surface area contributed by atoms with Crippen molar-refractivity contribution >= 4 is 33.3 Å². The molecule has 3 aromatic carbocycles. The average Bonchev–Trinajstić information content (AvgIpc) is 2.72. The predicted molar refractivity (Wildman–Crippen MR) is 126 cm³/mol. The summed E-state index contributed by atoms with van der Waals surface area (Å²) in [5.41, 5.74) is 2.13. The molecule has 0 saturated heterocycles. The third-order valence-corrected chi connectivity index (χ3v) is 6.08. The van der Waals surface area contributed by atoms with Crippen LogP contribution >= 0.6 is 0 Å². The number of nitrogens with one attached hydrogen (secondary N) is 2. The lowest BCUT2D eigenvalue weighted by Gasteiger charge is -2.20. The highest BCUT2D eigenvalue weighted by atomic mass is 32.2. The molecule has 31 heavy (non-hydrogen) atoms. The van der Waals surface area contributed by atoms with Gasteiger partial charge in [-0.2, -0.15) is 0 Å². The number of hydrogen-bond donors (Lipinski definition) is 2. The van der Waals surface area contributed by atoms with Crippen LogP contribution in [0.4, 0.5) is 5.69 Å². The number of carbonyl (C=O) groups is 1. The molecule has 0 aliphatic carbocycles. The van der Waals surface area contributed by atoms with Crippen LogP contribution < -0.4 is 10.0 Å². The second-order valence-corrected chi connectivity index (χ2v) is 9.85. The fourth-order valence-electron chi connectivity index (χ4n) is 2.99. The van der Waals surface area contributed by atoms with Crippen LogP contribution in [0.5, 0.6) is 0 Å². The molecule has 1 amide bonds. The molecule has 0 atom stereocenters. The Morgan fingerprint density at radius 1 is 0.806 bits per heavy atom. The van der Waals surface area contributed by atoms with E-state index in [-0.39, 0.29) is 10.8 Å². The van der Waals surface area contributed by atoms with Crippen LogP contribution in [0, 0.1) is 0 Å². The number of hydrogen-bond acceptors (Lipinski definition) is 3. The zero-order chi connectivity index (χ0) is 22.5. The summed E-state index contributed by atoms with van der Waals surface area (Å²) in [7, 11) is -3.64. The standard InChI is InChI=1S/C25H26N2O3S/c1-25(2,3)27-31(29,30)22-16-14-21(15-17-22)26-24(28)23(20-12-8-5-9-13-20)18-19-10-6-4-7-11-19/h4-18,27H,1-3H3,(H,26,28). The molecule has 0 spiro atoms. The maximum Gasteiger partial charge on any atom is 0.256 e. The third kappa shape index (κ3) is 6.38. The molecule has 0 aliphatic heterocycles. The van der Waals surface area contributed by atoms with Gasteiger partial charge in [0.2, 0.25) is 10.0 Å². The summed E-state index contributed by atoms with van der Waals surface area (Å²) in [6.45, 7) is 5.34. The molecule has 0 heterocycles. The van der Waals surface area contributed by atoms with Crippen molar-refractivity contribution in [1.82, 2.24) is 4.72 Å². The first kappa shape index (κ1) is 22.5. The van der Waals surface area contributed by atoms with E-state index in [0.717, 1.165) is 11.1 Å². The van der Waals surface area contributed by atoms with Crippen molar-refractivity contribution in [2.45, 2.75) is 31.2 Å². The second kappa shape index (κ2) is 9.29. The molecular weight excluding hydrogens is 408 g/mol. The van der Waals surface area contributed by atoms with Crippen molar-refractivity contribution in [3.8, 4) is 0 Å². The molecule has 0 aromatic heterocycles. The number of amides is 1. The van der Waals surface area contributed by atoms with E-state index in [1.165, 1.54) is 12.1 Å². The molecule has 6 heteroatoms. The van der Waals surface area contributed by atoms with E-state index in [1.807, 2.05) is 66.7 Å². The van der Waals surface area contributed by atoms with Crippen LogP contribution in [-0.2, 0) is 14.8 Å². The van der Waals surface area contributed by atoms with Crippen molar-refractivity contribution < 1.29 is 13.2 Å². The Kier molecular flexibility index (Phi) is 6.73. The van der Waals surface area contributed by atoms with Crippen LogP contribution in [0.15, 0.2) is 89.8 Å². The van der Waals surface area contributed by atoms with Gasteiger partial charge in [0.25, 0.3) is 5.91 Å². The average molecular weight is 435 g/mol. The summed E-state index contributed by atoms with van der Waals surface area (Å²) in [4.78, 5) is 13.2. The molecule has 0 bridgehead atoms. The van der Waals surface area contributed by atoms with Gasteiger partial charge in [-0.1, -0.05) is 60.7 Å². The van der Waals surface area contributed by atoms with E-state index in [1.54, 1.807) is 32.9 Å². The molecule has 3 rings (SSSR count). The molecule has 160 valence electrons. The minimum Gasteiger partial charge on any atom is -0.322 e. The summed E-state index contributed by atoms with van der Waals surface area (Å²) in [6.07, 6.45) is 1.83. The third-order valence-electron chi connectivity index (χ3n) is 4.30. The Bertz CT molecular complexity index is 1160. The first-order valence-corrected chi connectivity index (χ1v) is 11.4. The lowest BCUT2D eigenvalue weighted by atomic mass is 10.0. The first-order chi connectivity index (χ1) is 14.6. The van der Waals surface area contributed by atoms with Crippen molar-refractivity contribution in [3.63, 3.8) is 0 Å². The van der Waals surface area contributed by atoms with Crippen molar-refractivity contribution in [2.75, 3.05) is 5.32 Å². The Hall–Kier alpha value is -3.22. The first-order valence-electron chi connectivity index (χ1n) is 9.92. The van der Waals surface area contributed by atoms with Gasteiger partial charge < -0.3 is 5.32 Å². The normalized spacial score (nSPS) is 12.4. The van der Waals surface area contributed by atoms with E-state index in [4.69, 9.17) is 0 Å². The molecule has 0 radical (unpaired) electrons. The smallest absolute Gasteiger partial charge is 0.256 e. The monoisotopic (exact) mass is 434 g/mol. The molecule has 2 N–H and O–H groups in total. The summed E-state index contributed by atoms with van der Waals surface area (Å²) in [6, 6.07) is 25.1. The Morgan fingerprint density at radius 3 is 1.90 bits per heavy atom.